The topological polar surface area (TPSA) is 97.4 Å². The fourth-order valence-corrected chi connectivity index (χ4v) is 4.00. The number of urea groups is 1. The molecule has 0 atom stereocenters. The van der Waals surface area contributed by atoms with Crippen molar-refractivity contribution in [3.05, 3.63) is 59.5 Å². The third-order valence-electron chi connectivity index (χ3n) is 3.81. The molecule has 0 aliphatic heterocycles. The van der Waals surface area contributed by atoms with Crippen LogP contribution in [0, 0.1) is 0 Å². The first-order valence-electron chi connectivity index (χ1n) is 8.19. The molecule has 1 aromatic heterocycles. The Bertz CT molecular complexity index is 1160. The molecule has 158 valence electrons. The molecule has 1 heterocycles. The van der Waals surface area contributed by atoms with Gasteiger partial charge in [0.15, 0.2) is 5.13 Å². The average Bonchev–Trinajstić information content (AvgIpc) is 3.15. The third-order valence-corrected chi connectivity index (χ3v) is 5.91. The van der Waals surface area contributed by atoms with Crippen molar-refractivity contribution in [2.24, 2.45) is 0 Å². The number of hydrogen-bond donors (Lipinski definition) is 2. The predicted octanol–water partition coefficient (Wildman–Crippen LogP) is 4.35. The number of rotatable bonds is 5. The number of nitrogens with one attached hydrogen (secondary N) is 2. The molecular formula is C18H14F3N3O4S2. The van der Waals surface area contributed by atoms with Crippen LogP contribution in [0.5, 0.6) is 5.75 Å². The predicted molar refractivity (Wildman–Crippen MR) is 105 cm³/mol. The summed E-state index contributed by atoms with van der Waals surface area (Å²) in [5.41, 5.74) is -0.411. The Morgan fingerprint density at radius 2 is 1.83 bits per heavy atom. The number of carbonyl (C=O) groups is 1. The van der Waals surface area contributed by atoms with Gasteiger partial charge in [0.05, 0.1) is 23.3 Å². The monoisotopic (exact) mass is 457 g/mol. The van der Waals surface area contributed by atoms with Crippen molar-refractivity contribution in [3.8, 4) is 17.0 Å². The van der Waals surface area contributed by atoms with Crippen molar-refractivity contribution < 1.29 is 31.1 Å². The zero-order valence-corrected chi connectivity index (χ0v) is 16.9. The molecule has 0 fully saturated rings. The van der Waals surface area contributed by atoms with Gasteiger partial charge in [-0.05, 0) is 36.4 Å². The number of carbonyl (C=O) groups excluding carboxylic acids is 1. The number of thiazole rings is 1. The highest BCUT2D eigenvalue weighted by Gasteiger charge is 2.30. The molecule has 3 rings (SSSR count). The summed E-state index contributed by atoms with van der Waals surface area (Å²) < 4.78 is 69.8. The summed E-state index contributed by atoms with van der Waals surface area (Å²) in [7, 11) is -2.71. The van der Waals surface area contributed by atoms with Crippen LogP contribution in [0.1, 0.15) is 5.56 Å². The second kappa shape index (κ2) is 8.32. The number of nitrogens with zero attached hydrogens (tertiary/aromatic N) is 1. The molecule has 0 saturated heterocycles. The lowest BCUT2D eigenvalue weighted by Gasteiger charge is -2.08. The van der Waals surface area contributed by atoms with Gasteiger partial charge in [-0.15, -0.1) is 11.3 Å². The number of ether oxygens (including phenoxy) is 1. The quantitative estimate of drug-likeness (QED) is 0.594. The molecule has 2 N–H and O–H groups in total. The number of anilines is 1. The first kappa shape index (κ1) is 21.6. The van der Waals surface area contributed by atoms with E-state index in [4.69, 9.17) is 4.74 Å². The Morgan fingerprint density at radius 1 is 1.13 bits per heavy atom. The van der Waals surface area contributed by atoms with Gasteiger partial charge in [0.25, 0.3) is 10.0 Å². The minimum absolute atomic E-state index is 0.0184. The highest BCUT2D eigenvalue weighted by Crippen LogP contribution is 2.33. The van der Waals surface area contributed by atoms with Crippen molar-refractivity contribution in [1.82, 2.24) is 9.71 Å². The molecule has 0 bridgehead atoms. The lowest BCUT2D eigenvalue weighted by atomic mass is 10.1. The van der Waals surface area contributed by atoms with E-state index in [0.717, 1.165) is 23.5 Å². The number of sulfonamides is 1. The highest BCUT2D eigenvalue weighted by molar-refractivity contribution is 7.90. The van der Waals surface area contributed by atoms with Gasteiger partial charge >= 0.3 is 12.2 Å². The number of alkyl halides is 3. The van der Waals surface area contributed by atoms with Gasteiger partial charge in [0, 0.05) is 10.9 Å². The Hall–Kier alpha value is -3.12. The summed E-state index contributed by atoms with van der Waals surface area (Å²) in [6.45, 7) is 0. The van der Waals surface area contributed by atoms with E-state index in [1.54, 1.807) is 0 Å². The Labute approximate surface area is 173 Å². The van der Waals surface area contributed by atoms with Crippen molar-refractivity contribution >= 4 is 32.5 Å². The smallest absolute Gasteiger partial charge is 0.416 e. The molecule has 30 heavy (non-hydrogen) atoms. The normalized spacial score (nSPS) is 11.7. The molecule has 0 spiro atoms. The molecule has 12 heteroatoms. The van der Waals surface area contributed by atoms with Crippen molar-refractivity contribution in [2.75, 3.05) is 12.4 Å². The highest BCUT2D eigenvalue weighted by atomic mass is 32.2. The molecular weight excluding hydrogens is 443 g/mol. The van der Waals surface area contributed by atoms with Gasteiger partial charge < -0.3 is 4.74 Å². The zero-order chi connectivity index (χ0) is 21.9. The molecule has 0 aliphatic rings. The molecule has 0 unspecified atom stereocenters. The van der Waals surface area contributed by atoms with Crippen LogP contribution in [-0.2, 0) is 16.2 Å². The van der Waals surface area contributed by atoms with E-state index in [1.807, 2.05) is 4.72 Å². The number of benzene rings is 2. The number of hydrogen-bond acceptors (Lipinski definition) is 6. The second-order valence-electron chi connectivity index (χ2n) is 5.85. The SMILES string of the molecule is COc1ccc(S(=O)(=O)NC(=O)Nc2nc(-c3cccc(C(F)(F)F)c3)cs2)cc1. The van der Waals surface area contributed by atoms with E-state index in [-0.39, 0.29) is 21.3 Å². The second-order valence-corrected chi connectivity index (χ2v) is 8.39. The maximum Gasteiger partial charge on any atom is 0.416 e. The maximum absolute atomic E-state index is 12.9. The minimum atomic E-state index is -4.50. The Morgan fingerprint density at radius 3 is 2.47 bits per heavy atom. The molecule has 7 nitrogen and oxygen atoms in total. The van der Waals surface area contributed by atoms with Crippen molar-refractivity contribution in [2.45, 2.75) is 11.1 Å². The number of amides is 2. The molecule has 2 aromatic carbocycles. The maximum atomic E-state index is 12.9. The van der Waals surface area contributed by atoms with Gasteiger partial charge in [-0.1, -0.05) is 12.1 Å². The lowest BCUT2D eigenvalue weighted by molar-refractivity contribution is -0.137. The Balaban J connectivity index is 1.70. The lowest BCUT2D eigenvalue weighted by Crippen LogP contribution is -2.34. The summed E-state index contributed by atoms with van der Waals surface area (Å²) in [5.74, 6) is 0.448. The Kier molecular flexibility index (Phi) is 5.99. The zero-order valence-electron chi connectivity index (χ0n) is 15.2. The minimum Gasteiger partial charge on any atom is -0.497 e. The van der Waals surface area contributed by atoms with E-state index in [0.29, 0.717) is 5.75 Å². The molecule has 0 aliphatic carbocycles. The van der Waals surface area contributed by atoms with Gasteiger partial charge in [-0.25, -0.2) is 22.9 Å². The summed E-state index contributed by atoms with van der Waals surface area (Å²) in [6.07, 6.45) is -4.50. The first-order valence-corrected chi connectivity index (χ1v) is 10.6. The van der Waals surface area contributed by atoms with Crippen LogP contribution in [0.3, 0.4) is 0 Å². The van der Waals surface area contributed by atoms with E-state index in [2.05, 4.69) is 10.3 Å². The van der Waals surface area contributed by atoms with E-state index >= 15 is 0 Å². The van der Waals surface area contributed by atoms with Crippen LogP contribution in [0.2, 0.25) is 0 Å². The van der Waals surface area contributed by atoms with Gasteiger partial charge in [0.1, 0.15) is 5.75 Å². The van der Waals surface area contributed by atoms with Gasteiger partial charge in [-0.3, -0.25) is 5.32 Å². The van der Waals surface area contributed by atoms with Crippen molar-refractivity contribution in [1.29, 1.82) is 0 Å². The van der Waals surface area contributed by atoms with E-state index in [9.17, 15) is 26.4 Å². The molecule has 0 radical (unpaired) electrons. The number of aromatic nitrogens is 1. The fraction of sp³-hybridized carbons (Fsp3) is 0.111. The summed E-state index contributed by atoms with van der Waals surface area (Å²) >= 11 is 0.937. The largest absolute Gasteiger partial charge is 0.497 e. The van der Waals surface area contributed by atoms with Crippen LogP contribution < -0.4 is 14.8 Å². The van der Waals surface area contributed by atoms with Crippen LogP contribution >= 0.6 is 11.3 Å². The summed E-state index contributed by atoms with van der Waals surface area (Å²) in [4.78, 5) is 15.9. The van der Waals surface area contributed by atoms with E-state index in [1.165, 1.54) is 48.9 Å². The van der Waals surface area contributed by atoms with Crippen LogP contribution in [0.4, 0.5) is 23.1 Å². The van der Waals surface area contributed by atoms with Gasteiger partial charge in [0.2, 0.25) is 0 Å². The molecule has 2 amide bonds. The van der Waals surface area contributed by atoms with Gasteiger partial charge in [-0.2, -0.15) is 13.2 Å². The average molecular weight is 457 g/mol. The van der Waals surface area contributed by atoms with Crippen LogP contribution in [0.25, 0.3) is 11.3 Å². The molecule has 3 aromatic rings. The van der Waals surface area contributed by atoms with Crippen LogP contribution in [-0.4, -0.2) is 26.5 Å². The number of halogens is 3. The van der Waals surface area contributed by atoms with Crippen molar-refractivity contribution in [3.63, 3.8) is 0 Å². The number of methoxy groups -OCH3 is 1. The molecule has 0 saturated carbocycles. The summed E-state index contributed by atoms with van der Waals surface area (Å²) in [6, 6.07) is 8.90. The third kappa shape index (κ3) is 5.07. The summed E-state index contributed by atoms with van der Waals surface area (Å²) in [5, 5.41) is 3.72. The van der Waals surface area contributed by atoms with E-state index < -0.39 is 27.8 Å². The fourth-order valence-electron chi connectivity index (χ4n) is 2.38. The van der Waals surface area contributed by atoms with Crippen LogP contribution in [0.15, 0.2) is 58.8 Å². The standard InChI is InChI=1S/C18H14F3N3O4S2/c1-28-13-5-7-14(8-6-13)30(26,27)24-16(25)23-17-22-15(10-29-17)11-3-2-4-12(9-11)18(19,20)21/h2-10H,1H3,(H2,22,23,24,25). The first-order chi connectivity index (χ1) is 14.1.